The first-order chi connectivity index (χ1) is 24.8. The number of para-hydroxylation sites is 1. The Hall–Kier alpha value is -3.84. The molecule has 0 N–H and O–H groups in total. The molecule has 154 valence electrons. The normalized spacial score (nSPS) is 25.7. The number of rotatable bonds is 3. The van der Waals surface area contributed by atoms with Crippen LogP contribution >= 0.6 is 0 Å². The summed E-state index contributed by atoms with van der Waals surface area (Å²) < 4.78 is 193. The number of benzene rings is 5. The Labute approximate surface area is 220 Å². The lowest BCUT2D eigenvalue weighted by Crippen LogP contribution is -2.27. The Morgan fingerprint density at radius 2 is 1.28 bits per heavy atom. The van der Waals surface area contributed by atoms with Gasteiger partial charge in [0, 0.05) is 24.1 Å². The van der Waals surface area contributed by atoms with E-state index >= 15 is 0 Å². The van der Waals surface area contributed by atoms with Gasteiger partial charge in [-0.3, -0.25) is 0 Å². The predicted octanol–water partition coefficient (Wildman–Crippen LogP) is 8.00. The predicted molar refractivity (Wildman–Crippen MR) is 136 cm³/mol. The van der Waals surface area contributed by atoms with Crippen LogP contribution in [0.4, 0.5) is 5.69 Å². The fraction of sp³-hybridized carbons (Fsp3) is 0.0968. The van der Waals surface area contributed by atoms with Gasteiger partial charge in [-0.05, 0) is 45.5 Å². The average molecular weight is 434 g/mol. The summed E-state index contributed by atoms with van der Waals surface area (Å²) in [5.74, 6) is 0. The van der Waals surface area contributed by atoms with E-state index in [0.717, 1.165) is 0 Å². The third-order valence-corrected chi connectivity index (χ3v) is 4.89. The highest BCUT2D eigenvalue weighted by atomic mass is 15.1. The van der Waals surface area contributed by atoms with Crippen LogP contribution in [0.2, 0.25) is 0 Å². The molecule has 32 heavy (non-hydrogen) atoms. The fourth-order valence-electron chi connectivity index (χ4n) is 3.48. The van der Waals surface area contributed by atoms with Crippen molar-refractivity contribution in [3.05, 3.63) is 125 Å². The molecule has 0 bridgehead atoms. The molecule has 1 heteroatoms. The molecule has 0 radical (unpaired) electrons. The highest BCUT2D eigenvalue weighted by molar-refractivity contribution is 5.95. The lowest BCUT2D eigenvalue weighted by atomic mass is 9.89. The van der Waals surface area contributed by atoms with Gasteiger partial charge in [-0.15, -0.1) is 0 Å². The molecule has 5 aromatic rings. The first-order valence-corrected chi connectivity index (χ1v) is 9.42. The van der Waals surface area contributed by atoms with E-state index < -0.39 is 172 Å². The molecule has 0 aromatic heterocycles. The van der Waals surface area contributed by atoms with Crippen LogP contribution in [0.25, 0.3) is 33.0 Å². The smallest absolute Gasteiger partial charge is 0.0630 e. The molecule has 0 atom stereocenters. The second-order valence-corrected chi connectivity index (χ2v) is 6.78. The SMILES string of the molecule is [2H]c1c([2H])c([2H])c(-c2c([2H])c([2H])c([2H])c(-c3c([2H])c([2H])c([2H])c([2H])c3[2H])c2N2C([2H])([2H])c3c([2H])c([2H])c([2H])c4c([2H])c([2H])c(C)c(c34)C2([2H])[2H])c([2H])c1[2H]. The maximum Gasteiger partial charge on any atom is 0.0630 e. The number of hydrogen-bond donors (Lipinski definition) is 0. The van der Waals surface area contributed by atoms with Crippen molar-refractivity contribution in [1.82, 2.24) is 0 Å². The number of nitrogens with zero attached hydrogens (tertiary/aromatic N) is 1. The average Bonchev–Trinajstić information content (AvgIpc) is 3.10. The molecule has 0 aliphatic carbocycles. The summed E-state index contributed by atoms with van der Waals surface area (Å²) in [6.07, 6.45) is 0. The minimum Gasteiger partial charge on any atom is -0.362 e. The van der Waals surface area contributed by atoms with Crippen molar-refractivity contribution in [3.8, 4) is 22.3 Å². The van der Waals surface area contributed by atoms with E-state index in [-0.39, 0.29) is 10.5 Å². The van der Waals surface area contributed by atoms with Crippen molar-refractivity contribution in [3.63, 3.8) is 0 Å². The molecule has 1 aliphatic heterocycles. The van der Waals surface area contributed by atoms with Gasteiger partial charge in [0.1, 0.15) is 0 Å². The minimum absolute atomic E-state index is 0.190. The molecule has 6 rings (SSSR count). The van der Waals surface area contributed by atoms with Crippen LogP contribution in [-0.2, 0) is 13.0 Å². The van der Waals surface area contributed by atoms with Crippen LogP contribution < -0.4 is 4.90 Å². The molecule has 0 unspecified atom stereocenters. The van der Waals surface area contributed by atoms with E-state index in [2.05, 4.69) is 0 Å². The highest BCUT2D eigenvalue weighted by Gasteiger charge is 2.24. The largest absolute Gasteiger partial charge is 0.362 e. The van der Waals surface area contributed by atoms with Crippen LogP contribution in [0.5, 0.6) is 0 Å². The minimum atomic E-state index is -3.50. The van der Waals surface area contributed by atoms with E-state index in [1.807, 2.05) is 0 Å². The number of anilines is 1. The van der Waals surface area contributed by atoms with Crippen molar-refractivity contribution < 1.29 is 30.2 Å². The van der Waals surface area contributed by atoms with E-state index in [1.165, 1.54) is 6.92 Å². The maximum absolute atomic E-state index is 9.63. The zero-order valence-electron chi connectivity index (χ0n) is 38.4. The van der Waals surface area contributed by atoms with E-state index in [0.29, 0.717) is 0 Å². The summed E-state index contributed by atoms with van der Waals surface area (Å²) in [4.78, 5) is 0.190. The maximum atomic E-state index is 9.63. The van der Waals surface area contributed by atoms with Crippen molar-refractivity contribution >= 4 is 16.5 Å². The zero-order valence-corrected chi connectivity index (χ0v) is 16.4. The third-order valence-electron chi connectivity index (χ3n) is 4.89. The monoisotopic (exact) mass is 433 g/mol. The first-order valence-electron chi connectivity index (χ1n) is 20.4. The zero-order chi connectivity index (χ0) is 40.7. The molecule has 0 saturated carbocycles. The van der Waals surface area contributed by atoms with Gasteiger partial charge in [-0.2, -0.15) is 0 Å². The Bertz CT molecular complexity index is 2340. The topological polar surface area (TPSA) is 3.24 Å². The molecule has 5 aromatic carbocycles. The van der Waals surface area contributed by atoms with Gasteiger partial charge in [0.2, 0.25) is 0 Å². The molecule has 0 fully saturated rings. The Kier molecular flexibility index (Phi) is 1.64. The van der Waals surface area contributed by atoms with Crippen LogP contribution in [-0.4, -0.2) is 0 Å². The fourth-order valence-corrected chi connectivity index (χ4v) is 3.48. The summed E-state index contributed by atoms with van der Waals surface area (Å²) in [6, 6.07) is -17.1. The van der Waals surface area contributed by atoms with Gasteiger partial charge in [-0.1, -0.05) is 109 Å². The number of hydrogen-bond acceptors (Lipinski definition) is 1. The molecule has 0 amide bonds. The summed E-state index contributed by atoms with van der Waals surface area (Å²) in [7, 11) is 0. The second kappa shape index (κ2) is 7.69. The van der Waals surface area contributed by atoms with Gasteiger partial charge in [0.15, 0.2) is 0 Å². The summed E-state index contributed by atoms with van der Waals surface area (Å²) in [6.45, 7) is -5.69. The molecule has 1 nitrogen and oxygen atoms in total. The Balaban J connectivity index is 2.01. The molecule has 0 saturated heterocycles. The molecular weight excluding hydrogens is 386 g/mol. The van der Waals surface area contributed by atoms with E-state index in [4.69, 9.17) is 24.7 Å². The van der Waals surface area contributed by atoms with Crippen molar-refractivity contribution in [2.75, 3.05) is 4.90 Å². The van der Waals surface area contributed by atoms with Crippen LogP contribution in [0.15, 0.2) is 109 Å². The van der Waals surface area contributed by atoms with E-state index in [9.17, 15) is 5.48 Å². The standard InChI is InChI=1S/C31H25N/c1-22-18-19-25-14-8-15-26-20-32(21-29(22)30(25)26)31-27(23-10-4-2-5-11-23)16-9-17-28(31)24-12-6-3-7-13-24/h2-19H,20-21H2,1H3/i2D,3D,4D,5D,6D,7D,8D,9D,10D,11D,12D,13D,14D,15D,16D,17D,18D,19D,20D2,21D2. The molecule has 1 aliphatic rings. The second-order valence-electron chi connectivity index (χ2n) is 6.78. The molecular formula is C31H25N. The molecule has 1 heterocycles. The first kappa shape index (κ1) is 6.83. The van der Waals surface area contributed by atoms with Gasteiger partial charge in [0.25, 0.3) is 0 Å². The van der Waals surface area contributed by atoms with Crippen molar-refractivity contribution in [2.45, 2.75) is 19.9 Å². The lowest BCUT2D eigenvalue weighted by molar-refractivity contribution is 0.786. The molecule has 0 spiro atoms. The van der Waals surface area contributed by atoms with Crippen LogP contribution in [0.1, 0.15) is 46.8 Å². The van der Waals surface area contributed by atoms with Crippen LogP contribution in [0.3, 0.4) is 0 Å². The Morgan fingerprint density at radius 3 is 1.94 bits per heavy atom. The summed E-state index contributed by atoms with van der Waals surface area (Å²) >= 11 is 0. The third kappa shape index (κ3) is 3.09. The lowest BCUT2D eigenvalue weighted by Gasteiger charge is -2.35. The van der Waals surface area contributed by atoms with Crippen LogP contribution in [0, 0.1) is 6.92 Å². The van der Waals surface area contributed by atoms with Gasteiger partial charge in [-0.25, -0.2) is 0 Å². The van der Waals surface area contributed by atoms with Crippen molar-refractivity contribution in [2.24, 2.45) is 0 Å². The Morgan fingerprint density at radius 1 is 0.656 bits per heavy atom. The summed E-state index contributed by atoms with van der Waals surface area (Å²) in [5, 5.41) is -1.04. The van der Waals surface area contributed by atoms with Gasteiger partial charge in [0.05, 0.1) is 35.8 Å². The van der Waals surface area contributed by atoms with E-state index in [1.54, 1.807) is 0 Å². The van der Waals surface area contributed by atoms with Gasteiger partial charge >= 0.3 is 0 Å². The highest BCUT2D eigenvalue weighted by Crippen LogP contribution is 2.43. The van der Waals surface area contributed by atoms with Crippen molar-refractivity contribution in [1.29, 1.82) is 0 Å². The quantitative estimate of drug-likeness (QED) is 0.278. The summed E-state index contributed by atoms with van der Waals surface area (Å²) in [5.41, 5.74) is -6.59. The van der Waals surface area contributed by atoms with Gasteiger partial charge < -0.3 is 4.90 Å².